The fraction of sp³-hybridized carbons (Fsp3) is 0.200. The van der Waals surface area contributed by atoms with Gasteiger partial charge in [0.25, 0.3) is 5.91 Å². The van der Waals surface area contributed by atoms with Crippen LogP contribution >= 0.6 is 15.9 Å². The predicted octanol–water partition coefficient (Wildman–Crippen LogP) is 1.41. The van der Waals surface area contributed by atoms with Crippen molar-refractivity contribution in [1.29, 1.82) is 0 Å². The number of primary amides is 1. The number of ether oxygens (including phenoxy) is 1. The Balaban J connectivity index is 2.57. The van der Waals surface area contributed by atoms with Crippen LogP contribution in [0, 0.1) is 0 Å². The summed E-state index contributed by atoms with van der Waals surface area (Å²) in [5, 5.41) is 1.94. The van der Waals surface area contributed by atoms with Crippen LogP contribution < -0.4 is 15.8 Å². The number of nitrogens with one attached hydrogen (secondary N) is 1. The number of rotatable bonds is 3. The molecule has 0 unspecified atom stereocenters. The number of hydrogen-bond acceptors (Lipinski definition) is 3. The number of carbonyl (C=O) groups is 2. The van der Waals surface area contributed by atoms with E-state index < -0.39 is 18.0 Å². The van der Waals surface area contributed by atoms with Gasteiger partial charge in [0.2, 0.25) is 0 Å². The number of carbonyl (C=O) groups excluding carboxylic acids is 2. The second-order valence-electron chi connectivity index (χ2n) is 3.07. The maximum Gasteiger partial charge on any atom is 0.318 e. The van der Waals surface area contributed by atoms with Gasteiger partial charge in [0.05, 0.1) is 0 Å². The third-order valence-electron chi connectivity index (χ3n) is 1.74. The first-order chi connectivity index (χ1) is 7.49. The fourth-order valence-electron chi connectivity index (χ4n) is 0.994. The van der Waals surface area contributed by atoms with Gasteiger partial charge in [0.15, 0.2) is 6.10 Å². The third kappa shape index (κ3) is 3.90. The highest BCUT2D eigenvalue weighted by Gasteiger charge is 2.15. The maximum atomic E-state index is 11.3. The fourth-order valence-corrected chi connectivity index (χ4v) is 1.26. The van der Waals surface area contributed by atoms with E-state index in [0.717, 1.165) is 4.47 Å². The zero-order valence-electron chi connectivity index (χ0n) is 8.57. The van der Waals surface area contributed by atoms with Crippen LogP contribution in [0.5, 0.6) is 5.75 Å². The average molecular weight is 287 g/mol. The number of amides is 3. The topological polar surface area (TPSA) is 81.4 Å². The zero-order chi connectivity index (χ0) is 12.1. The number of benzene rings is 1. The third-order valence-corrected chi connectivity index (χ3v) is 2.27. The van der Waals surface area contributed by atoms with Crippen LogP contribution in [-0.4, -0.2) is 18.0 Å². The zero-order valence-corrected chi connectivity index (χ0v) is 10.2. The lowest BCUT2D eigenvalue weighted by Crippen LogP contribution is -2.42. The van der Waals surface area contributed by atoms with Gasteiger partial charge < -0.3 is 10.5 Å². The van der Waals surface area contributed by atoms with Gasteiger partial charge in [-0.05, 0) is 31.2 Å². The Morgan fingerprint density at radius 1 is 1.38 bits per heavy atom. The first-order valence-electron chi connectivity index (χ1n) is 4.51. The van der Waals surface area contributed by atoms with Crippen molar-refractivity contribution >= 4 is 27.9 Å². The molecule has 0 aromatic heterocycles. The Hall–Kier alpha value is -1.56. The molecule has 0 radical (unpaired) electrons. The highest BCUT2D eigenvalue weighted by atomic mass is 79.9. The lowest BCUT2D eigenvalue weighted by atomic mass is 10.3. The van der Waals surface area contributed by atoms with Crippen LogP contribution in [0.15, 0.2) is 28.7 Å². The second-order valence-corrected chi connectivity index (χ2v) is 3.98. The SMILES string of the molecule is C[C@@H](Oc1ccc(Br)cc1)C(=O)NC(N)=O. The van der Waals surface area contributed by atoms with E-state index in [1.807, 2.05) is 5.32 Å². The molecule has 0 saturated carbocycles. The number of halogens is 1. The normalized spacial score (nSPS) is 11.6. The van der Waals surface area contributed by atoms with Crippen LogP contribution in [0.4, 0.5) is 4.79 Å². The Labute approximate surface area is 101 Å². The van der Waals surface area contributed by atoms with E-state index in [0.29, 0.717) is 5.75 Å². The number of imide groups is 1. The summed E-state index contributed by atoms with van der Waals surface area (Å²) in [6, 6.07) is 6.09. The summed E-state index contributed by atoms with van der Waals surface area (Å²) in [6.07, 6.45) is -0.784. The molecule has 1 atom stereocenters. The summed E-state index contributed by atoms with van der Waals surface area (Å²) in [5.74, 6) is -0.0364. The molecular formula is C10H11BrN2O3. The molecule has 6 heteroatoms. The molecular weight excluding hydrogens is 276 g/mol. The monoisotopic (exact) mass is 286 g/mol. The van der Waals surface area contributed by atoms with E-state index >= 15 is 0 Å². The summed E-state index contributed by atoms with van der Waals surface area (Å²) in [5.41, 5.74) is 4.81. The molecule has 86 valence electrons. The molecule has 0 aliphatic carbocycles. The van der Waals surface area contributed by atoms with E-state index in [1.54, 1.807) is 24.3 Å². The van der Waals surface area contributed by atoms with E-state index in [9.17, 15) is 9.59 Å². The highest BCUT2D eigenvalue weighted by Crippen LogP contribution is 2.17. The van der Waals surface area contributed by atoms with Gasteiger partial charge in [-0.1, -0.05) is 15.9 Å². The molecule has 0 heterocycles. The Morgan fingerprint density at radius 3 is 2.44 bits per heavy atom. The van der Waals surface area contributed by atoms with Crippen molar-refractivity contribution in [3.05, 3.63) is 28.7 Å². The lowest BCUT2D eigenvalue weighted by molar-refractivity contribution is -0.126. The molecule has 0 aliphatic rings. The summed E-state index contributed by atoms with van der Waals surface area (Å²) < 4.78 is 6.20. The predicted molar refractivity (Wildman–Crippen MR) is 62.0 cm³/mol. The van der Waals surface area contributed by atoms with Gasteiger partial charge in [-0.25, -0.2) is 4.79 Å². The average Bonchev–Trinajstić information content (AvgIpc) is 2.20. The first kappa shape index (κ1) is 12.5. The number of hydrogen-bond donors (Lipinski definition) is 2. The molecule has 0 fully saturated rings. The van der Waals surface area contributed by atoms with Crippen LogP contribution in [0.2, 0.25) is 0 Å². The Kier molecular flexibility index (Phi) is 4.30. The van der Waals surface area contributed by atoms with E-state index in [2.05, 4.69) is 15.9 Å². The Bertz CT molecular complexity index is 392. The molecule has 3 amide bonds. The molecule has 1 aromatic rings. The molecule has 5 nitrogen and oxygen atoms in total. The standard InChI is InChI=1S/C10H11BrN2O3/c1-6(9(14)13-10(12)15)16-8-4-2-7(11)3-5-8/h2-6H,1H3,(H3,12,13,14,15)/t6-/m1/s1. The largest absolute Gasteiger partial charge is 0.481 e. The van der Waals surface area contributed by atoms with Crippen molar-refractivity contribution < 1.29 is 14.3 Å². The van der Waals surface area contributed by atoms with Crippen LogP contribution in [0.25, 0.3) is 0 Å². The quantitative estimate of drug-likeness (QED) is 0.882. The van der Waals surface area contributed by atoms with Gasteiger partial charge in [-0.15, -0.1) is 0 Å². The molecule has 0 saturated heterocycles. The summed E-state index contributed by atoms with van der Waals surface area (Å²) in [7, 11) is 0. The van der Waals surface area contributed by atoms with E-state index in [4.69, 9.17) is 10.5 Å². The van der Waals surface area contributed by atoms with Crippen molar-refractivity contribution in [3.63, 3.8) is 0 Å². The molecule has 3 N–H and O–H groups in total. The smallest absolute Gasteiger partial charge is 0.318 e. The van der Waals surface area contributed by atoms with E-state index in [1.165, 1.54) is 6.92 Å². The van der Waals surface area contributed by atoms with Crippen molar-refractivity contribution in [1.82, 2.24) is 5.32 Å². The van der Waals surface area contributed by atoms with E-state index in [-0.39, 0.29) is 0 Å². The van der Waals surface area contributed by atoms with Crippen LogP contribution in [-0.2, 0) is 4.79 Å². The highest BCUT2D eigenvalue weighted by molar-refractivity contribution is 9.10. The summed E-state index contributed by atoms with van der Waals surface area (Å²) >= 11 is 3.28. The van der Waals surface area contributed by atoms with Gasteiger partial charge in [-0.2, -0.15) is 0 Å². The van der Waals surface area contributed by atoms with Crippen LogP contribution in [0.3, 0.4) is 0 Å². The van der Waals surface area contributed by atoms with Gasteiger partial charge in [-0.3, -0.25) is 10.1 Å². The van der Waals surface area contributed by atoms with Crippen molar-refractivity contribution in [2.24, 2.45) is 5.73 Å². The lowest BCUT2D eigenvalue weighted by Gasteiger charge is -2.13. The second kappa shape index (κ2) is 5.50. The molecule has 0 aliphatic heterocycles. The van der Waals surface area contributed by atoms with Gasteiger partial charge in [0.1, 0.15) is 5.75 Å². The van der Waals surface area contributed by atoms with Crippen molar-refractivity contribution in [2.75, 3.05) is 0 Å². The van der Waals surface area contributed by atoms with Crippen molar-refractivity contribution in [3.8, 4) is 5.75 Å². The van der Waals surface area contributed by atoms with Gasteiger partial charge in [0, 0.05) is 4.47 Å². The minimum Gasteiger partial charge on any atom is -0.481 e. The van der Waals surface area contributed by atoms with Gasteiger partial charge >= 0.3 is 6.03 Å². The summed E-state index contributed by atoms with van der Waals surface area (Å²) in [4.78, 5) is 21.7. The molecule has 0 spiro atoms. The van der Waals surface area contributed by atoms with Crippen molar-refractivity contribution in [2.45, 2.75) is 13.0 Å². The summed E-state index contributed by atoms with van der Waals surface area (Å²) in [6.45, 7) is 1.53. The minimum atomic E-state index is -0.892. The number of nitrogens with two attached hydrogens (primary N) is 1. The molecule has 0 bridgehead atoms. The minimum absolute atomic E-state index is 0.537. The molecule has 1 aromatic carbocycles. The molecule has 1 rings (SSSR count). The van der Waals surface area contributed by atoms with Crippen LogP contribution in [0.1, 0.15) is 6.92 Å². The molecule has 16 heavy (non-hydrogen) atoms. The Morgan fingerprint density at radius 2 is 1.94 bits per heavy atom. The first-order valence-corrected chi connectivity index (χ1v) is 5.31. The maximum absolute atomic E-state index is 11.3. The number of urea groups is 1.